The molecular formula is C15H19N5O. The van der Waals surface area contributed by atoms with E-state index in [-0.39, 0.29) is 11.9 Å². The monoisotopic (exact) mass is 285 g/mol. The Kier molecular flexibility index (Phi) is 3.70. The summed E-state index contributed by atoms with van der Waals surface area (Å²) in [5.74, 6) is 0.654. The molecule has 1 unspecified atom stereocenters. The number of hydrogen-bond donors (Lipinski definition) is 2. The molecule has 1 aliphatic rings. The number of aromatic nitrogens is 3. The molecule has 1 aromatic heterocycles. The fraction of sp³-hybridized carbons (Fsp3) is 0.400. The smallest absolute Gasteiger partial charge is 0.251 e. The van der Waals surface area contributed by atoms with Gasteiger partial charge in [-0.25, -0.2) is 0 Å². The Morgan fingerprint density at radius 2 is 2.29 bits per heavy atom. The Bertz CT molecular complexity index is 664. The summed E-state index contributed by atoms with van der Waals surface area (Å²) in [6.07, 6.45) is 2.65. The summed E-state index contributed by atoms with van der Waals surface area (Å²) in [6, 6.07) is 5.74. The van der Waals surface area contributed by atoms with Crippen LogP contribution in [0.1, 0.15) is 40.3 Å². The van der Waals surface area contributed by atoms with E-state index in [9.17, 15) is 4.79 Å². The Morgan fingerprint density at radius 3 is 3.05 bits per heavy atom. The van der Waals surface area contributed by atoms with Crippen LogP contribution < -0.4 is 10.6 Å². The van der Waals surface area contributed by atoms with Crippen molar-refractivity contribution in [2.75, 3.05) is 6.54 Å². The average Bonchev–Trinajstić information content (AvgIpc) is 2.93. The Labute approximate surface area is 123 Å². The van der Waals surface area contributed by atoms with Gasteiger partial charge in [0.1, 0.15) is 6.33 Å². The molecule has 1 aromatic carbocycles. The fourth-order valence-electron chi connectivity index (χ4n) is 2.65. The topological polar surface area (TPSA) is 71.8 Å². The molecule has 21 heavy (non-hydrogen) atoms. The molecule has 2 aromatic rings. The summed E-state index contributed by atoms with van der Waals surface area (Å²) in [7, 11) is 1.86. The average molecular weight is 285 g/mol. The van der Waals surface area contributed by atoms with Crippen molar-refractivity contribution in [1.82, 2.24) is 25.4 Å². The molecule has 6 heteroatoms. The zero-order chi connectivity index (χ0) is 14.8. The van der Waals surface area contributed by atoms with Crippen LogP contribution >= 0.6 is 0 Å². The largest absolute Gasteiger partial charge is 0.342 e. The van der Waals surface area contributed by atoms with Crippen LogP contribution in [0.15, 0.2) is 24.5 Å². The predicted octanol–water partition coefficient (Wildman–Crippen LogP) is 0.952. The molecule has 2 heterocycles. The molecule has 3 rings (SSSR count). The number of carbonyl (C=O) groups is 1. The highest BCUT2D eigenvalue weighted by atomic mass is 16.1. The van der Waals surface area contributed by atoms with Crippen molar-refractivity contribution in [3.63, 3.8) is 0 Å². The maximum absolute atomic E-state index is 12.4. The number of nitrogens with zero attached hydrogens (tertiary/aromatic N) is 3. The summed E-state index contributed by atoms with van der Waals surface area (Å²) < 4.78 is 1.81. The summed E-state index contributed by atoms with van der Waals surface area (Å²) in [4.78, 5) is 12.4. The van der Waals surface area contributed by atoms with Crippen LogP contribution in [0.4, 0.5) is 0 Å². The van der Waals surface area contributed by atoms with Crippen LogP contribution in [0.5, 0.6) is 0 Å². The number of rotatable bonds is 3. The second kappa shape index (κ2) is 5.65. The minimum Gasteiger partial charge on any atom is -0.342 e. The van der Waals surface area contributed by atoms with Crippen LogP contribution in [-0.2, 0) is 20.0 Å². The van der Waals surface area contributed by atoms with Gasteiger partial charge >= 0.3 is 0 Å². The lowest BCUT2D eigenvalue weighted by atomic mass is 9.98. The number of benzene rings is 1. The standard InChI is InChI=1S/C15H19N5O/c1-10(14-19-17-9-20(14)2)18-15(21)12-4-3-11-5-6-16-8-13(11)7-12/h3-4,7,9-10,16H,5-6,8H2,1-2H3,(H,18,21). The van der Waals surface area contributed by atoms with Gasteiger partial charge in [0.25, 0.3) is 5.91 Å². The molecule has 0 saturated carbocycles. The second-order valence-corrected chi connectivity index (χ2v) is 5.41. The molecule has 0 radical (unpaired) electrons. The van der Waals surface area contributed by atoms with Crippen molar-refractivity contribution in [1.29, 1.82) is 0 Å². The minimum absolute atomic E-state index is 0.0844. The normalized spacial score (nSPS) is 15.3. The van der Waals surface area contributed by atoms with E-state index in [1.165, 1.54) is 11.1 Å². The van der Waals surface area contributed by atoms with Gasteiger partial charge in [-0.2, -0.15) is 0 Å². The van der Waals surface area contributed by atoms with Gasteiger partial charge in [0, 0.05) is 19.2 Å². The van der Waals surface area contributed by atoms with Crippen molar-refractivity contribution >= 4 is 5.91 Å². The summed E-state index contributed by atoms with van der Waals surface area (Å²) in [6.45, 7) is 3.74. The Hall–Kier alpha value is -2.21. The van der Waals surface area contributed by atoms with Crippen LogP contribution in [0, 0.1) is 0 Å². The molecule has 0 bridgehead atoms. The second-order valence-electron chi connectivity index (χ2n) is 5.41. The molecule has 0 aliphatic carbocycles. The third kappa shape index (κ3) is 2.80. The van der Waals surface area contributed by atoms with Crippen molar-refractivity contribution in [3.8, 4) is 0 Å². The highest BCUT2D eigenvalue weighted by molar-refractivity contribution is 5.94. The molecule has 1 aliphatic heterocycles. The summed E-state index contributed by atoms with van der Waals surface area (Å²) >= 11 is 0. The van der Waals surface area contributed by atoms with Crippen LogP contribution in [0.2, 0.25) is 0 Å². The molecule has 0 fully saturated rings. The first-order chi connectivity index (χ1) is 10.1. The first kappa shape index (κ1) is 13.8. The van der Waals surface area contributed by atoms with Crippen molar-refractivity contribution < 1.29 is 4.79 Å². The van der Waals surface area contributed by atoms with E-state index >= 15 is 0 Å². The van der Waals surface area contributed by atoms with Gasteiger partial charge in [-0.15, -0.1) is 10.2 Å². The summed E-state index contributed by atoms with van der Waals surface area (Å²) in [5, 5.41) is 14.1. The van der Waals surface area contributed by atoms with E-state index in [0.29, 0.717) is 5.56 Å². The van der Waals surface area contributed by atoms with Gasteiger partial charge in [0.05, 0.1) is 6.04 Å². The van der Waals surface area contributed by atoms with Gasteiger partial charge in [0.15, 0.2) is 5.82 Å². The molecule has 1 atom stereocenters. The van der Waals surface area contributed by atoms with E-state index in [4.69, 9.17) is 0 Å². The SMILES string of the molecule is CC(NC(=O)c1ccc2c(c1)CNCC2)c1nncn1C. The third-order valence-electron chi connectivity index (χ3n) is 3.84. The predicted molar refractivity (Wildman–Crippen MR) is 78.7 cm³/mol. The molecule has 0 saturated heterocycles. The number of carbonyl (C=O) groups excluding carboxylic acids is 1. The molecule has 6 nitrogen and oxygen atoms in total. The number of nitrogens with one attached hydrogen (secondary N) is 2. The van der Waals surface area contributed by atoms with Crippen LogP contribution in [0.25, 0.3) is 0 Å². The number of hydrogen-bond acceptors (Lipinski definition) is 4. The van der Waals surface area contributed by atoms with Gasteiger partial charge in [-0.05, 0) is 43.1 Å². The first-order valence-corrected chi connectivity index (χ1v) is 7.12. The van der Waals surface area contributed by atoms with Crippen molar-refractivity contribution in [2.45, 2.75) is 25.9 Å². The zero-order valence-electron chi connectivity index (χ0n) is 12.3. The highest BCUT2D eigenvalue weighted by Crippen LogP contribution is 2.17. The van der Waals surface area contributed by atoms with E-state index < -0.39 is 0 Å². The number of fused-ring (bicyclic) bond motifs is 1. The first-order valence-electron chi connectivity index (χ1n) is 7.12. The lowest BCUT2D eigenvalue weighted by Crippen LogP contribution is -2.29. The molecule has 0 spiro atoms. The summed E-state index contributed by atoms with van der Waals surface area (Å²) in [5.41, 5.74) is 3.22. The maximum atomic E-state index is 12.4. The highest BCUT2D eigenvalue weighted by Gasteiger charge is 2.17. The van der Waals surface area contributed by atoms with Crippen molar-refractivity contribution in [2.24, 2.45) is 7.05 Å². The van der Waals surface area contributed by atoms with E-state index in [0.717, 1.165) is 25.3 Å². The quantitative estimate of drug-likeness (QED) is 0.881. The maximum Gasteiger partial charge on any atom is 0.251 e. The molecule has 1 amide bonds. The molecular weight excluding hydrogens is 266 g/mol. The van der Waals surface area contributed by atoms with Crippen LogP contribution in [-0.4, -0.2) is 27.2 Å². The van der Waals surface area contributed by atoms with Gasteiger partial charge in [-0.3, -0.25) is 4.79 Å². The minimum atomic E-state index is -0.181. The van der Waals surface area contributed by atoms with Gasteiger partial charge in [-0.1, -0.05) is 6.07 Å². The Morgan fingerprint density at radius 1 is 1.43 bits per heavy atom. The van der Waals surface area contributed by atoms with E-state index in [1.54, 1.807) is 6.33 Å². The lowest BCUT2D eigenvalue weighted by Gasteiger charge is -2.18. The van der Waals surface area contributed by atoms with E-state index in [1.807, 2.05) is 30.7 Å². The molecule has 110 valence electrons. The fourth-order valence-corrected chi connectivity index (χ4v) is 2.65. The number of aryl methyl sites for hydroxylation is 1. The number of amides is 1. The molecule has 2 N–H and O–H groups in total. The Balaban J connectivity index is 1.75. The third-order valence-corrected chi connectivity index (χ3v) is 3.84. The zero-order valence-corrected chi connectivity index (χ0v) is 12.3. The lowest BCUT2D eigenvalue weighted by molar-refractivity contribution is 0.0937. The van der Waals surface area contributed by atoms with Crippen LogP contribution in [0.3, 0.4) is 0 Å². The van der Waals surface area contributed by atoms with E-state index in [2.05, 4.69) is 26.9 Å². The van der Waals surface area contributed by atoms with Gasteiger partial charge in [0.2, 0.25) is 0 Å². The van der Waals surface area contributed by atoms with Gasteiger partial charge < -0.3 is 15.2 Å². The van der Waals surface area contributed by atoms with Crippen molar-refractivity contribution in [3.05, 3.63) is 47.0 Å².